The first-order valence-corrected chi connectivity index (χ1v) is 8.31. The van der Waals surface area contributed by atoms with Gasteiger partial charge in [-0.05, 0) is 23.3 Å². The normalized spacial score (nSPS) is 22.2. The Kier molecular flexibility index (Phi) is 3.83. The predicted molar refractivity (Wildman–Crippen MR) is 72.4 cm³/mol. The Bertz CT molecular complexity index is 533. The fourth-order valence-corrected chi connectivity index (χ4v) is 3.93. The second kappa shape index (κ2) is 5.60. The molecule has 1 aromatic rings. The molecule has 3 rings (SSSR count). The van der Waals surface area contributed by atoms with Crippen molar-refractivity contribution >= 4 is 35.4 Å². The molecule has 20 heavy (non-hydrogen) atoms. The summed E-state index contributed by atoms with van der Waals surface area (Å²) < 4.78 is 1.74. The number of hydrogen-bond donors (Lipinski definition) is 1. The van der Waals surface area contributed by atoms with Gasteiger partial charge in [-0.3, -0.25) is 4.79 Å². The highest BCUT2D eigenvalue weighted by Crippen LogP contribution is 2.36. The standard InChI is InChI=1S/C10H13N5O3S2/c16-8(14-5-19-3-7(14)9(17)18)4-20-10-11-12-13-15(10)6-1-2-6/h6-7H,1-5H2,(H,17,18)/t7-/m0/s1. The largest absolute Gasteiger partial charge is 0.480 e. The average Bonchev–Trinajstić information content (AvgIpc) is 2.97. The molecule has 108 valence electrons. The van der Waals surface area contributed by atoms with E-state index >= 15 is 0 Å². The minimum atomic E-state index is -0.948. The molecule has 0 unspecified atom stereocenters. The van der Waals surface area contributed by atoms with Crippen molar-refractivity contribution in [1.82, 2.24) is 25.1 Å². The van der Waals surface area contributed by atoms with Gasteiger partial charge in [0.05, 0.1) is 17.7 Å². The van der Waals surface area contributed by atoms with Gasteiger partial charge in [-0.1, -0.05) is 11.8 Å². The molecule has 1 amide bonds. The molecule has 2 heterocycles. The van der Waals surface area contributed by atoms with Crippen molar-refractivity contribution < 1.29 is 14.7 Å². The quantitative estimate of drug-likeness (QED) is 0.763. The highest BCUT2D eigenvalue weighted by atomic mass is 32.2. The van der Waals surface area contributed by atoms with Gasteiger partial charge in [-0.2, -0.15) is 0 Å². The van der Waals surface area contributed by atoms with E-state index in [1.807, 2.05) is 0 Å². The SMILES string of the molecule is O=C(O)[C@@H]1CSCN1C(=O)CSc1nnnn1C1CC1. The number of aromatic nitrogens is 4. The van der Waals surface area contributed by atoms with Gasteiger partial charge < -0.3 is 10.0 Å². The van der Waals surface area contributed by atoms with Gasteiger partial charge in [0.15, 0.2) is 0 Å². The molecule has 1 aromatic heterocycles. The summed E-state index contributed by atoms with van der Waals surface area (Å²) in [5.74, 6) is -0.0821. The Morgan fingerprint density at radius 2 is 2.25 bits per heavy atom. The monoisotopic (exact) mass is 315 g/mol. The smallest absolute Gasteiger partial charge is 0.327 e. The number of carboxylic acids is 1. The van der Waals surface area contributed by atoms with Crippen molar-refractivity contribution in [2.24, 2.45) is 0 Å². The fraction of sp³-hybridized carbons (Fsp3) is 0.700. The predicted octanol–water partition coefficient (Wildman–Crippen LogP) is 0.0862. The van der Waals surface area contributed by atoms with Crippen molar-refractivity contribution in [2.75, 3.05) is 17.4 Å². The van der Waals surface area contributed by atoms with Crippen LogP contribution in [0.25, 0.3) is 0 Å². The Morgan fingerprint density at radius 1 is 1.45 bits per heavy atom. The summed E-state index contributed by atoms with van der Waals surface area (Å²) in [5, 5.41) is 21.1. The lowest BCUT2D eigenvalue weighted by Crippen LogP contribution is -2.42. The van der Waals surface area contributed by atoms with Gasteiger partial charge in [0.1, 0.15) is 6.04 Å². The Hall–Kier alpha value is -1.29. The van der Waals surface area contributed by atoms with Crippen LogP contribution in [0.1, 0.15) is 18.9 Å². The Balaban J connectivity index is 1.59. The van der Waals surface area contributed by atoms with Crippen LogP contribution in [0.15, 0.2) is 5.16 Å². The second-order valence-corrected chi connectivity index (χ2v) is 6.59. The number of tetrazole rings is 1. The molecular formula is C10H13N5O3S2. The summed E-state index contributed by atoms with van der Waals surface area (Å²) in [6.45, 7) is 0. The first-order chi connectivity index (χ1) is 9.66. The molecule has 10 heteroatoms. The maximum atomic E-state index is 12.1. The van der Waals surface area contributed by atoms with Gasteiger partial charge >= 0.3 is 5.97 Å². The van der Waals surface area contributed by atoms with Gasteiger partial charge in [0.25, 0.3) is 0 Å². The van der Waals surface area contributed by atoms with E-state index in [-0.39, 0.29) is 11.7 Å². The van der Waals surface area contributed by atoms with Crippen LogP contribution in [-0.4, -0.2) is 65.5 Å². The summed E-state index contributed by atoms with van der Waals surface area (Å²) in [6.07, 6.45) is 2.13. The molecule has 0 radical (unpaired) electrons. The number of carboxylic acid groups (broad SMARTS) is 1. The summed E-state index contributed by atoms with van der Waals surface area (Å²) in [5.41, 5.74) is 0. The molecule has 1 N–H and O–H groups in total. The average molecular weight is 315 g/mol. The molecule has 1 saturated carbocycles. The summed E-state index contributed by atoms with van der Waals surface area (Å²) in [4.78, 5) is 24.6. The molecule has 0 spiro atoms. The van der Waals surface area contributed by atoms with E-state index < -0.39 is 12.0 Å². The van der Waals surface area contributed by atoms with Crippen molar-refractivity contribution in [3.8, 4) is 0 Å². The number of aliphatic carboxylic acids is 1. The van der Waals surface area contributed by atoms with E-state index in [1.165, 1.54) is 28.4 Å². The van der Waals surface area contributed by atoms with Gasteiger partial charge in [0.2, 0.25) is 11.1 Å². The van der Waals surface area contributed by atoms with E-state index in [2.05, 4.69) is 15.5 Å². The maximum absolute atomic E-state index is 12.1. The fourth-order valence-electron chi connectivity index (χ4n) is 1.93. The van der Waals surface area contributed by atoms with Crippen LogP contribution >= 0.6 is 23.5 Å². The molecule has 2 aliphatic rings. The maximum Gasteiger partial charge on any atom is 0.327 e. The minimum absolute atomic E-state index is 0.164. The van der Waals surface area contributed by atoms with Crippen molar-refractivity contribution in [1.29, 1.82) is 0 Å². The number of carbonyl (C=O) groups excluding carboxylic acids is 1. The third kappa shape index (κ3) is 2.75. The van der Waals surface area contributed by atoms with Gasteiger partial charge in [-0.25, -0.2) is 9.48 Å². The lowest BCUT2D eigenvalue weighted by Gasteiger charge is -2.19. The molecule has 0 aromatic carbocycles. The van der Waals surface area contributed by atoms with Crippen LogP contribution in [0, 0.1) is 0 Å². The van der Waals surface area contributed by atoms with Crippen LogP contribution in [0.3, 0.4) is 0 Å². The van der Waals surface area contributed by atoms with E-state index in [1.54, 1.807) is 4.68 Å². The van der Waals surface area contributed by atoms with Gasteiger partial charge in [0, 0.05) is 5.75 Å². The van der Waals surface area contributed by atoms with Crippen LogP contribution in [-0.2, 0) is 9.59 Å². The molecule has 1 aliphatic carbocycles. The van der Waals surface area contributed by atoms with E-state index in [4.69, 9.17) is 5.11 Å². The third-order valence-electron chi connectivity index (χ3n) is 3.17. The number of amides is 1. The topological polar surface area (TPSA) is 101 Å². The summed E-state index contributed by atoms with van der Waals surface area (Å²) in [7, 11) is 0. The van der Waals surface area contributed by atoms with Crippen LogP contribution < -0.4 is 0 Å². The molecule has 1 aliphatic heterocycles. The zero-order valence-electron chi connectivity index (χ0n) is 10.5. The third-order valence-corrected chi connectivity index (χ3v) is 5.10. The number of rotatable bonds is 5. The zero-order chi connectivity index (χ0) is 14.1. The Morgan fingerprint density at radius 3 is 2.95 bits per heavy atom. The van der Waals surface area contributed by atoms with E-state index in [0.717, 1.165) is 12.8 Å². The number of hydrogen-bond acceptors (Lipinski definition) is 7. The molecular weight excluding hydrogens is 302 g/mol. The highest BCUT2D eigenvalue weighted by molar-refractivity contribution is 8.00. The van der Waals surface area contributed by atoms with Crippen molar-refractivity contribution in [3.05, 3.63) is 0 Å². The lowest BCUT2D eigenvalue weighted by atomic mass is 10.3. The number of carbonyl (C=O) groups is 2. The molecule has 2 fully saturated rings. The summed E-state index contributed by atoms with van der Waals surface area (Å²) >= 11 is 2.72. The van der Waals surface area contributed by atoms with Gasteiger partial charge in [-0.15, -0.1) is 16.9 Å². The van der Waals surface area contributed by atoms with E-state index in [9.17, 15) is 9.59 Å². The molecule has 0 bridgehead atoms. The van der Waals surface area contributed by atoms with Crippen LogP contribution in [0.2, 0.25) is 0 Å². The van der Waals surface area contributed by atoms with E-state index in [0.29, 0.717) is 22.8 Å². The molecule has 8 nitrogen and oxygen atoms in total. The number of thioether (sulfide) groups is 2. The highest BCUT2D eigenvalue weighted by Gasteiger charge is 2.35. The number of nitrogens with zero attached hydrogens (tertiary/aromatic N) is 5. The lowest BCUT2D eigenvalue weighted by molar-refractivity contribution is -0.146. The molecule has 1 saturated heterocycles. The van der Waals surface area contributed by atoms with Crippen LogP contribution in [0.4, 0.5) is 0 Å². The van der Waals surface area contributed by atoms with Crippen molar-refractivity contribution in [3.63, 3.8) is 0 Å². The summed E-state index contributed by atoms with van der Waals surface area (Å²) in [6, 6.07) is -0.357. The second-order valence-electron chi connectivity index (χ2n) is 4.64. The zero-order valence-corrected chi connectivity index (χ0v) is 12.1. The van der Waals surface area contributed by atoms with Crippen LogP contribution in [0.5, 0.6) is 0 Å². The first-order valence-electron chi connectivity index (χ1n) is 6.17. The minimum Gasteiger partial charge on any atom is -0.480 e. The van der Waals surface area contributed by atoms with Crippen molar-refractivity contribution in [2.45, 2.75) is 30.1 Å². The first kappa shape index (κ1) is 13.7. The Labute approximate surface area is 123 Å². The molecule has 1 atom stereocenters.